The standard InChI is InChI=1S/C20H23ClFN3O/c21-18-5-1-16(2-6-18)9-10-24-11-13-25(14-12-24)20(26)23-15-17-3-7-19(22)8-4-17/h1-8H,9-15H2,(H,23,26). The molecule has 0 atom stereocenters. The maximum Gasteiger partial charge on any atom is 0.317 e. The average molecular weight is 376 g/mol. The van der Waals surface area contributed by atoms with Gasteiger partial charge in [-0.25, -0.2) is 9.18 Å². The Morgan fingerprint density at radius 1 is 0.962 bits per heavy atom. The second-order valence-electron chi connectivity index (χ2n) is 6.49. The Labute approximate surface area is 158 Å². The van der Waals surface area contributed by atoms with Crippen LogP contribution in [0.3, 0.4) is 0 Å². The van der Waals surface area contributed by atoms with Crippen molar-refractivity contribution in [1.82, 2.24) is 15.1 Å². The summed E-state index contributed by atoms with van der Waals surface area (Å²) in [4.78, 5) is 16.5. The number of amides is 2. The van der Waals surface area contributed by atoms with E-state index >= 15 is 0 Å². The van der Waals surface area contributed by atoms with E-state index in [2.05, 4.69) is 22.3 Å². The summed E-state index contributed by atoms with van der Waals surface area (Å²) >= 11 is 5.91. The van der Waals surface area contributed by atoms with Crippen LogP contribution in [0.5, 0.6) is 0 Å². The van der Waals surface area contributed by atoms with Gasteiger partial charge in [-0.05, 0) is 41.8 Å². The van der Waals surface area contributed by atoms with Crippen molar-refractivity contribution in [2.75, 3.05) is 32.7 Å². The molecule has 3 rings (SSSR count). The largest absolute Gasteiger partial charge is 0.334 e. The molecule has 1 aliphatic rings. The van der Waals surface area contributed by atoms with E-state index in [1.807, 2.05) is 17.0 Å². The smallest absolute Gasteiger partial charge is 0.317 e. The highest BCUT2D eigenvalue weighted by Crippen LogP contribution is 2.11. The van der Waals surface area contributed by atoms with Crippen LogP contribution in [0.4, 0.5) is 9.18 Å². The van der Waals surface area contributed by atoms with Crippen LogP contribution < -0.4 is 5.32 Å². The molecule has 4 nitrogen and oxygen atoms in total. The van der Waals surface area contributed by atoms with Crippen molar-refractivity contribution in [1.29, 1.82) is 0 Å². The van der Waals surface area contributed by atoms with Gasteiger partial charge in [0.25, 0.3) is 0 Å². The molecular weight excluding hydrogens is 353 g/mol. The third-order valence-corrected chi connectivity index (χ3v) is 4.90. The summed E-state index contributed by atoms with van der Waals surface area (Å²) in [5.41, 5.74) is 2.16. The molecule has 6 heteroatoms. The number of nitrogens with one attached hydrogen (secondary N) is 1. The minimum Gasteiger partial charge on any atom is -0.334 e. The Bertz CT molecular complexity index is 713. The molecule has 2 aromatic rings. The lowest BCUT2D eigenvalue weighted by Crippen LogP contribution is -2.51. The predicted molar refractivity (Wildman–Crippen MR) is 102 cm³/mol. The number of hydrogen-bond donors (Lipinski definition) is 1. The number of benzene rings is 2. The van der Waals surface area contributed by atoms with Crippen LogP contribution in [-0.2, 0) is 13.0 Å². The van der Waals surface area contributed by atoms with E-state index < -0.39 is 0 Å². The fourth-order valence-corrected chi connectivity index (χ4v) is 3.13. The third kappa shape index (κ3) is 5.44. The van der Waals surface area contributed by atoms with E-state index in [1.165, 1.54) is 17.7 Å². The topological polar surface area (TPSA) is 35.6 Å². The monoisotopic (exact) mass is 375 g/mol. The highest BCUT2D eigenvalue weighted by molar-refractivity contribution is 6.30. The number of piperazine rings is 1. The van der Waals surface area contributed by atoms with E-state index in [9.17, 15) is 9.18 Å². The predicted octanol–water partition coefficient (Wildman–Crippen LogP) is 3.55. The molecule has 138 valence electrons. The first kappa shape index (κ1) is 18.7. The maximum absolute atomic E-state index is 12.9. The van der Waals surface area contributed by atoms with Crippen LogP contribution in [-0.4, -0.2) is 48.6 Å². The van der Waals surface area contributed by atoms with Gasteiger partial charge in [-0.2, -0.15) is 0 Å². The molecule has 0 aliphatic carbocycles. The molecule has 0 aromatic heterocycles. The highest BCUT2D eigenvalue weighted by atomic mass is 35.5. The molecule has 2 amide bonds. The van der Waals surface area contributed by atoms with E-state index in [1.54, 1.807) is 12.1 Å². The Morgan fingerprint density at radius 2 is 1.58 bits per heavy atom. The van der Waals surface area contributed by atoms with Crippen molar-refractivity contribution in [3.05, 3.63) is 70.5 Å². The number of halogens is 2. The molecule has 0 unspecified atom stereocenters. The van der Waals surface area contributed by atoms with Crippen LogP contribution in [0.25, 0.3) is 0 Å². The molecule has 0 saturated carbocycles. The minimum absolute atomic E-state index is 0.0633. The lowest BCUT2D eigenvalue weighted by atomic mass is 10.1. The highest BCUT2D eigenvalue weighted by Gasteiger charge is 2.20. The molecule has 0 spiro atoms. The van der Waals surface area contributed by atoms with Crippen LogP contribution in [0.2, 0.25) is 5.02 Å². The molecule has 26 heavy (non-hydrogen) atoms. The summed E-state index contributed by atoms with van der Waals surface area (Å²) in [6, 6.07) is 14.1. The summed E-state index contributed by atoms with van der Waals surface area (Å²) < 4.78 is 12.9. The third-order valence-electron chi connectivity index (χ3n) is 4.65. The van der Waals surface area contributed by atoms with Gasteiger partial charge in [-0.15, -0.1) is 0 Å². The average Bonchev–Trinajstić information content (AvgIpc) is 2.67. The Hall–Kier alpha value is -2.11. The second kappa shape index (κ2) is 9.01. The Morgan fingerprint density at radius 3 is 2.23 bits per heavy atom. The molecule has 0 bridgehead atoms. The molecule has 1 fully saturated rings. The molecule has 2 aromatic carbocycles. The summed E-state index contributed by atoms with van der Waals surface area (Å²) in [6.07, 6.45) is 0.980. The zero-order valence-corrected chi connectivity index (χ0v) is 15.4. The normalized spacial score (nSPS) is 15.1. The van der Waals surface area contributed by atoms with Crippen molar-refractivity contribution < 1.29 is 9.18 Å². The van der Waals surface area contributed by atoms with E-state index in [-0.39, 0.29) is 11.8 Å². The molecule has 0 radical (unpaired) electrons. The number of nitrogens with zero attached hydrogens (tertiary/aromatic N) is 2. The SMILES string of the molecule is O=C(NCc1ccc(F)cc1)N1CCN(CCc2ccc(Cl)cc2)CC1. The Kier molecular flexibility index (Phi) is 6.47. The summed E-state index contributed by atoms with van der Waals surface area (Å²) in [5, 5.41) is 3.66. The van der Waals surface area contributed by atoms with Crippen molar-refractivity contribution in [2.24, 2.45) is 0 Å². The van der Waals surface area contributed by atoms with Gasteiger partial charge >= 0.3 is 6.03 Å². The zero-order chi connectivity index (χ0) is 18.4. The van der Waals surface area contributed by atoms with Gasteiger partial charge in [-0.3, -0.25) is 4.90 Å². The quantitative estimate of drug-likeness (QED) is 0.867. The van der Waals surface area contributed by atoms with Crippen molar-refractivity contribution in [3.8, 4) is 0 Å². The first-order valence-electron chi connectivity index (χ1n) is 8.84. The molecule has 1 N–H and O–H groups in total. The van der Waals surface area contributed by atoms with Gasteiger partial charge in [0.05, 0.1) is 0 Å². The van der Waals surface area contributed by atoms with Gasteiger partial charge in [-0.1, -0.05) is 35.9 Å². The second-order valence-corrected chi connectivity index (χ2v) is 6.93. The fourth-order valence-electron chi connectivity index (χ4n) is 3.00. The zero-order valence-electron chi connectivity index (χ0n) is 14.6. The number of rotatable bonds is 5. The number of carbonyl (C=O) groups is 1. The molecule has 1 heterocycles. The van der Waals surface area contributed by atoms with Gasteiger partial charge in [0.1, 0.15) is 5.82 Å². The lowest BCUT2D eigenvalue weighted by molar-refractivity contribution is 0.140. The van der Waals surface area contributed by atoms with Crippen molar-refractivity contribution >= 4 is 17.6 Å². The summed E-state index contributed by atoms with van der Waals surface area (Å²) in [7, 11) is 0. The fraction of sp³-hybridized carbons (Fsp3) is 0.350. The number of carbonyl (C=O) groups excluding carboxylic acids is 1. The van der Waals surface area contributed by atoms with Crippen molar-refractivity contribution in [2.45, 2.75) is 13.0 Å². The van der Waals surface area contributed by atoms with Crippen LogP contribution in [0.15, 0.2) is 48.5 Å². The summed E-state index contributed by atoms with van der Waals surface area (Å²) in [6.45, 7) is 4.57. The van der Waals surface area contributed by atoms with Crippen molar-refractivity contribution in [3.63, 3.8) is 0 Å². The van der Waals surface area contributed by atoms with E-state index in [0.717, 1.165) is 49.7 Å². The molecule has 1 aliphatic heterocycles. The van der Waals surface area contributed by atoms with Crippen LogP contribution in [0.1, 0.15) is 11.1 Å². The molecule has 1 saturated heterocycles. The number of hydrogen-bond acceptors (Lipinski definition) is 2. The van der Waals surface area contributed by atoms with Gasteiger partial charge in [0.15, 0.2) is 0 Å². The summed E-state index contributed by atoms with van der Waals surface area (Å²) in [5.74, 6) is -0.269. The van der Waals surface area contributed by atoms with Crippen LogP contribution in [0, 0.1) is 5.82 Å². The van der Waals surface area contributed by atoms with E-state index in [0.29, 0.717) is 6.54 Å². The van der Waals surface area contributed by atoms with E-state index in [4.69, 9.17) is 11.6 Å². The number of urea groups is 1. The lowest BCUT2D eigenvalue weighted by Gasteiger charge is -2.34. The first-order valence-corrected chi connectivity index (χ1v) is 9.22. The maximum atomic E-state index is 12.9. The van der Waals surface area contributed by atoms with Crippen LogP contribution >= 0.6 is 11.6 Å². The Balaban J connectivity index is 1.38. The van der Waals surface area contributed by atoms with Gasteiger partial charge < -0.3 is 10.2 Å². The van der Waals surface area contributed by atoms with Gasteiger partial charge in [0.2, 0.25) is 0 Å². The minimum atomic E-state index is -0.269. The van der Waals surface area contributed by atoms with Gasteiger partial charge in [0, 0.05) is 44.3 Å². The first-order chi connectivity index (χ1) is 12.6. The molecular formula is C20H23ClFN3O.